The molecule has 1 aromatic carbocycles. The molecule has 1 aliphatic rings. The van der Waals surface area contributed by atoms with Crippen molar-refractivity contribution >= 4 is 10.0 Å². The molecule has 2 aromatic rings. The van der Waals surface area contributed by atoms with Gasteiger partial charge in [-0.05, 0) is 25.3 Å². The van der Waals surface area contributed by atoms with Crippen molar-refractivity contribution in [2.45, 2.75) is 38.0 Å². The average molecular weight is 321 g/mol. The van der Waals surface area contributed by atoms with Crippen LogP contribution in [0, 0.1) is 6.92 Å². The second kappa shape index (κ2) is 6.18. The highest BCUT2D eigenvalue weighted by Crippen LogP contribution is 2.33. The van der Waals surface area contributed by atoms with Crippen LogP contribution in [0.1, 0.15) is 42.6 Å². The van der Waals surface area contributed by atoms with E-state index in [9.17, 15) is 8.42 Å². The number of nitrogens with zero attached hydrogens (tertiary/aromatic N) is 3. The Kier molecular flexibility index (Phi) is 4.26. The Labute approximate surface area is 130 Å². The Balaban J connectivity index is 1.86. The summed E-state index contributed by atoms with van der Waals surface area (Å²) in [6.07, 6.45) is 2.54. The van der Waals surface area contributed by atoms with E-state index in [1.54, 1.807) is 6.92 Å². The highest BCUT2D eigenvalue weighted by Gasteiger charge is 2.36. The lowest BCUT2D eigenvalue weighted by molar-refractivity contribution is 0.204. The maximum Gasteiger partial charge on any atom is 0.245 e. The van der Waals surface area contributed by atoms with Crippen LogP contribution < -0.4 is 0 Å². The standard InChI is InChI=1S/C15H19N3O3S/c1-12-16-15(21-17-12)14-9-5-6-10-18(14)22(19,20)11-13-7-3-2-4-8-13/h2-4,7-8,14H,5-6,9-11H2,1H3. The van der Waals surface area contributed by atoms with Crippen LogP contribution in [0.5, 0.6) is 0 Å². The molecule has 1 fully saturated rings. The summed E-state index contributed by atoms with van der Waals surface area (Å²) < 4.78 is 32.3. The predicted molar refractivity (Wildman–Crippen MR) is 81.4 cm³/mol. The van der Waals surface area contributed by atoms with E-state index in [4.69, 9.17) is 4.52 Å². The molecule has 0 N–H and O–H groups in total. The minimum absolute atomic E-state index is 0.00252. The summed E-state index contributed by atoms with van der Waals surface area (Å²) in [7, 11) is -3.42. The van der Waals surface area contributed by atoms with E-state index < -0.39 is 10.0 Å². The van der Waals surface area contributed by atoms with Crippen molar-refractivity contribution in [1.29, 1.82) is 0 Å². The van der Waals surface area contributed by atoms with Crippen LogP contribution in [0.3, 0.4) is 0 Å². The SMILES string of the molecule is Cc1noc(C2CCCCN2S(=O)(=O)Cc2ccccc2)n1. The van der Waals surface area contributed by atoms with Gasteiger partial charge in [0.15, 0.2) is 5.82 Å². The third kappa shape index (κ3) is 3.20. The number of sulfonamides is 1. The summed E-state index contributed by atoms with van der Waals surface area (Å²) in [5.74, 6) is 0.923. The van der Waals surface area contributed by atoms with E-state index in [0.717, 1.165) is 24.8 Å². The minimum Gasteiger partial charge on any atom is -0.338 e. The lowest BCUT2D eigenvalue weighted by Gasteiger charge is -2.32. The van der Waals surface area contributed by atoms with Gasteiger partial charge < -0.3 is 4.52 Å². The molecule has 22 heavy (non-hydrogen) atoms. The fraction of sp³-hybridized carbons (Fsp3) is 0.467. The smallest absolute Gasteiger partial charge is 0.245 e. The molecular formula is C15H19N3O3S. The van der Waals surface area contributed by atoms with E-state index in [1.807, 2.05) is 30.3 Å². The average Bonchev–Trinajstić information content (AvgIpc) is 2.94. The van der Waals surface area contributed by atoms with E-state index in [0.29, 0.717) is 18.3 Å². The Morgan fingerprint density at radius 3 is 2.73 bits per heavy atom. The molecular weight excluding hydrogens is 302 g/mol. The van der Waals surface area contributed by atoms with Crippen molar-refractivity contribution in [1.82, 2.24) is 14.4 Å². The number of piperidine rings is 1. The first-order chi connectivity index (χ1) is 10.6. The van der Waals surface area contributed by atoms with Gasteiger partial charge in [0.05, 0.1) is 5.75 Å². The molecule has 0 amide bonds. The van der Waals surface area contributed by atoms with Crippen LogP contribution in [-0.2, 0) is 15.8 Å². The van der Waals surface area contributed by atoms with Crippen LogP contribution >= 0.6 is 0 Å². The Bertz CT molecular complexity index is 728. The number of hydrogen-bond acceptors (Lipinski definition) is 5. The summed E-state index contributed by atoms with van der Waals surface area (Å²) in [4.78, 5) is 4.22. The molecule has 7 heteroatoms. The molecule has 1 unspecified atom stereocenters. The van der Waals surface area contributed by atoms with Crippen molar-refractivity contribution < 1.29 is 12.9 Å². The van der Waals surface area contributed by atoms with Crippen LogP contribution in [0.2, 0.25) is 0 Å². The molecule has 1 saturated heterocycles. The molecule has 0 spiro atoms. The van der Waals surface area contributed by atoms with Crippen molar-refractivity contribution in [2.24, 2.45) is 0 Å². The predicted octanol–water partition coefficient (Wildman–Crippen LogP) is 2.44. The molecule has 1 aromatic heterocycles. The van der Waals surface area contributed by atoms with Crippen LogP contribution in [-0.4, -0.2) is 29.4 Å². The number of aromatic nitrogens is 2. The van der Waals surface area contributed by atoms with E-state index in [-0.39, 0.29) is 11.8 Å². The molecule has 0 bridgehead atoms. The zero-order valence-electron chi connectivity index (χ0n) is 12.5. The van der Waals surface area contributed by atoms with Gasteiger partial charge in [0.1, 0.15) is 6.04 Å². The normalized spacial score (nSPS) is 20.1. The molecule has 0 radical (unpaired) electrons. The number of aryl methyl sites for hydroxylation is 1. The van der Waals surface area contributed by atoms with E-state index >= 15 is 0 Å². The highest BCUT2D eigenvalue weighted by atomic mass is 32.2. The van der Waals surface area contributed by atoms with Gasteiger partial charge in [-0.2, -0.15) is 9.29 Å². The molecule has 118 valence electrons. The zero-order valence-corrected chi connectivity index (χ0v) is 13.3. The molecule has 3 rings (SSSR count). The first-order valence-electron chi connectivity index (χ1n) is 7.40. The Morgan fingerprint density at radius 1 is 1.27 bits per heavy atom. The third-order valence-corrected chi connectivity index (χ3v) is 5.68. The van der Waals surface area contributed by atoms with Gasteiger partial charge in [-0.1, -0.05) is 41.9 Å². The van der Waals surface area contributed by atoms with Crippen molar-refractivity contribution in [3.05, 3.63) is 47.6 Å². The van der Waals surface area contributed by atoms with Gasteiger partial charge in [0.2, 0.25) is 15.9 Å². The number of hydrogen-bond donors (Lipinski definition) is 0. The van der Waals surface area contributed by atoms with Gasteiger partial charge in [-0.25, -0.2) is 8.42 Å². The Morgan fingerprint density at radius 2 is 2.05 bits per heavy atom. The first kappa shape index (κ1) is 15.2. The van der Waals surface area contributed by atoms with Gasteiger partial charge in [-0.15, -0.1) is 0 Å². The minimum atomic E-state index is -3.42. The molecule has 0 saturated carbocycles. The van der Waals surface area contributed by atoms with Crippen molar-refractivity contribution in [3.63, 3.8) is 0 Å². The highest BCUT2D eigenvalue weighted by molar-refractivity contribution is 7.88. The van der Waals surface area contributed by atoms with Crippen LogP contribution in [0.4, 0.5) is 0 Å². The number of rotatable bonds is 4. The van der Waals surface area contributed by atoms with E-state index in [1.165, 1.54) is 4.31 Å². The largest absolute Gasteiger partial charge is 0.338 e. The fourth-order valence-electron chi connectivity index (χ4n) is 2.80. The van der Waals surface area contributed by atoms with Crippen LogP contribution in [0.25, 0.3) is 0 Å². The van der Waals surface area contributed by atoms with Gasteiger partial charge >= 0.3 is 0 Å². The van der Waals surface area contributed by atoms with Crippen LogP contribution in [0.15, 0.2) is 34.9 Å². The lowest BCUT2D eigenvalue weighted by atomic mass is 10.1. The summed E-state index contributed by atoms with van der Waals surface area (Å²) in [5.41, 5.74) is 0.786. The Hall–Kier alpha value is -1.73. The quantitative estimate of drug-likeness (QED) is 0.864. The summed E-state index contributed by atoms with van der Waals surface area (Å²) in [6.45, 7) is 2.24. The second-order valence-corrected chi connectivity index (χ2v) is 7.47. The monoisotopic (exact) mass is 321 g/mol. The maximum absolute atomic E-state index is 12.8. The zero-order chi connectivity index (χ0) is 15.6. The molecule has 1 atom stereocenters. The topological polar surface area (TPSA) is 76.3 Å². The summed E-state index contributed by atoms with van der Waals surface area (Å²) in [5, 5.41) is 3.78. The molecule has 6 nitrogen and oxygen atoms in total. The van der Waals surface area contributed by atoms with E-state index in [2.05, 4.69) is 10.1 Å². The van der Waals surface area contributed by atoms with Gasteiger partial charge in [0.25, 0.3) is 0 Å². The molecule has 0 aliphatic carbocycles. The second-order valence-electron chi connectivity index (χ2n) is 5.54. The number of benzene rings is 1. The molecule has 2 heterocycles. The summed E-state index contributed by atoms with van der Waals surface area (Å²) in [6, 6.07) is 8.88. The third-order valence-electron chi connectivity index (χ3n) is 3.83. The van der Waals surface area contributed by atoms with Gasteiger partial charge in [0, 0.05) is 6.54 Å². The summed E-state index contributed by atoms with van der Waals surface area (Å²) >= 11 is 0. The fourth-order valence-corrected chi connectivity index (χ4v) is 4.57. The first-order valence-corrected chi connectivity index (χ1v) is 9.01. The molecule has 1 aliphatic heterocycles. The maximum atomic E-state index is 12.8. The van der Waals surface area contributed by atoms with Crippen molar-refractivity contribution in [3.8, 4) is 0 Å². The lowest BCUT2D eigenvalue weighted by Crippen LogP contribution is -2.39. The van der Waals surface area contributed by atoms with Crippen molar-refractivity contribution in [2.75, 3.05) is 6.54 Å². The van der Waals surface area contributed by atoms with Gasteiger partial charge in [-0.3, -0.25) is 0 Å².